The maximum atomic E-state index is 12.4. The Morgan fingerprint density at radius 1 is 1.22 bits per heavy atom. The molecule has 1 saturated heterocycles. The third-order valence-electron chi connectivity index (χ3n) is 4.48. The molecular weight excluding hydrogens is 300 g/mol. The van der Waals surface area contributed by atoms with Crippen LogP contribution in [0.15, 0.2) is 0 Å². The van der Waals surface area contributed by atoms with Gasteiger partial charge in [-0.15, -0.1) is 0 Å². The number of imide groups is 1. The summed E-state index contributed by atoms with van der Waals surface area (Å²) in [6, 6.07) is -0.498. The molecule has 3 aliphatic rings. The molecule has 1 N–H and O–H groups in total. The number of urea groups is 1. The molecule has 0 radical (unpaired) electrons. The number of rotatable bonds is 3. The molecule has 122 valence electrons. The van der Waals surface area contributed by atoms with E-state index < -0.39 is 6.03 Å². The van der Waals surface area contributed by atoms with Crippen LogP contribution in [0, 0.1) is 0 Å². The summed E-state index contributed by atoms with van der Waals surface area (Å²) in [6.07, 6.45) is 2.98. The summed E-state index contributed by atoms with van der Waals surface area (Å²) in [5.41, 5.74) is 0. The number of aromatic nitrogens is 3. The molecule has 4 amide bonds. The van der Waals surface area contributed by atoms with Crippen molar-refractivity contribution >= 4 is 17.8 Å². The first-order valence-corrected chi connectivity index (χ1v) is 7.91. The van der Waals surface area contributed by atoms with Crippen molar-refractivity contribution in [1.82, 2.24) is 29.9 Å². The Kier molecular flexibility index (Phi) is 3.28. The third kappa shape index (κ3) is 2.66. The van der Waals surface area contributed by atoms with Crippen molar-refractivity contribution < 1.29 is 14.4 Å². The van der Waals surface area contributed by atoms with Crippen molar-refractivity contribution in [2.24, 2.45) is 0 Å². The SMILES string of the molecule is O=C(CN1C(=O)CNC1=O)N1CCc2nc(C3CC3)nn2CC1. The summed E-state index contributed by atoms with van der Waals surface area (Å²) >= 11 is 0. The van der Waals surface area contributed by atoms with E-state index in [1.165, 1.54) is 12.8 Å². The van der Waals surface area contributed by atoms with Crippen LogP contribution in [0.5, 0.6) is 0 Å². The number of amides is 4. The number of nitrogens with one attached hydrogen (secondary N) is 1. The third-order valence-corrected chi connectivity index (χ3v) is 4.48. The lowest BCUT2D eigenvalue weighted by Gasteiger charge is -2.22. The van der Waals surface area contributed by atoms with E-state index in [0.29, 0.717) is 32.0 Å². The molecular formula is C14H18N6O3. The van der Waals surface area contributed by atoms with Gasteiger partial charge in [0.05, 0.1) is 13.1 Å². The zero-order valence-corrected chi connectivity index (χ0v) is 12.7. The highest BCUT2D eigenvalue weighted by Crippen LogP contribution is 2.38. The Morgan fingerprint density at radius 2 is 2.04 bits per heavy atom. The minimum atomic E-state index is -0.498. The van der Waals surface area contributed by atoms with Gasteiger partial charge in [-0.1, -0.05) is 0 Å². The quantitative estimate of drug-likeness (QED) is 0.727. The van der Waals surface area contributed by atoms with Crippen LogP contribution in [0.25, 0.3) is 0 Å². The number of hydrogen-bond donors (Lipinski definition) is 1. The Labute approximate surface area is 132 Å². The van der Waals surface area contributed by atoms with E-state index in [2.05, 4.69) is 15.4 Å². The van der Waals surface area contributed by atoms with Crippen molar-refractivity contribution in [2.75, 3.05) is 26.2 Å². The largest absolute Gasteiger partial charge is 0.339 e. The molecule has 9 heteroatoms. The highest BCUT2D eigenvalue weighted by molar-refractivity contribution is 6.04. The molecule has 4 rings (SSSR count). The average Bonchev–Trinajstić information content (AvgIpc) is 3.28. The maximum Gasteiger partial charge on any atom is 0.325 e. The molecule has 0 bridgehead atoms. The summed E-state index contributed by atoms with van der Waals surface area (Å²) < 4.78 is 1.88. The summed E-state index contributed by atoms with van der Waals surface area (Å²) in [5.74, 6) is 1.79. The van der Waals surface area contributed by atoms with Crippen LogP contribution < -0.4 is 5.32 Å². The molecule has 23 heavy (non-hydrogen) atoms. The Bertz CT molecular complexity index is 639. The number of fused-ring (bicyclic) bond motifs is 1. The molecule has 2 fully saturated rings. The molecule has 3 heterocycles. The Morgan fingerprint density at radius 3 is 2.74 bits per heavy atom. The molecule has 0 aromatic carbocycles. The first kappa shape index (κ1) is 14.2. The van der Waals surface area contributed by atoms with Crippen LogP contribution in [0.1, 0.15) is 30.4 Å². The van der Waals surface area contributed by atoms with Crippen LogP contribution in [0.2, 0.25) is 0 Å². The second-order valence-corrected chi connectivity index (χ2v) is 6.15. The number of carbonyl (C=O) groups excluding carboxylic acids is 3. The summed E-state index contributed by atoms with van der Waals surface area (Å²) in [4.78, 5) is 42.7. The smallest absolute Gasteiger partial charge is 0.325 e. The van der Waals surface area contributed by atoms with Crippen molar-refractivity contribution in [2.45, 2.75) is 31.7 Å². The van der Waals surface area contributed by atoms with Crippen molar-refractivity contribution in [1.29, 1.82) is 0 Å². The number of hydrogen-bond acceptors (Lipinski definition) is 5. The lowest BCUT2D eigenvalue weighted by atomic mass is 10.3. The van der Waals surface area contributed by atoms with E-state index in [1.54, 1.807) is 4.90 Å². The van der Waals surface area contributed by atoms with E-state index >= 15 is 0 Å². The van der Waals surface area contributed by atoms with Gasteiger partial charge in [-0.2, -0.15) is 5.10 Å². The minimum absolute atomic E-state index is 0.0324. The molecule has 1 saturated carbocycles. The first-order chi connectivity index (χ1) is 11.1. The Hall–Kier alpha value is -2.45. The van der Waals surface area contributed by atoms with Crippen molar-refractivity contribution in [3.63, 3.8) is 0 Å². The maximum absolute atomic E-state index is 12.4. The van der Waals surface area contributed by atoms with Crippen LogP contribution in [-0.2, 0) is 22.6 Å². The van der Waals surface area contributed by atoms with Crippen LogP contribution >= 0.6 is 0 Å². The molecule has 9 nitrogen and oxygen atoms in total. The van der Waals surface area contributed by atoms with Gasteiger partial charge in [0.1, 0.15) is 12.4 Å². The summed E-state index contributed by atoms with van der Waals surface area (Å²) in [7, 11) is 0. The van der Waals surface area contributed by atoms with Gasteiger partial charge in [-0.05, 0) is 12.8 Å². The fourth-order valence-electron chi connectivity index (χ4n) is 2.93. The Balaban J connectivity index is 1.39. The zero-order valence-electron chi connectivity index (χ0n) is 12.7. The number of carbonyl (C=O) groups is 3. The van der Waals surface area contributed by atoms with Crippen LogP contribution in [0.3, 0.4) is 0 Å². The van der Waals surface area contributed by atoms with E-state index in [-0.39, 0.29) is 24.9 Å². The van der Waals surface area contributed by atoms with Gasteiger partial charge in [0.25, 0.3) is 5.91 Å². The van der Waals surface area contributed by atoms with Crippen molar-refractivity contribution in [3.8, 4) is 0 Å². The van der Waals surface area contributed by atoms with E-state index in [0.717, 1.165) is 16.5 Å². The van der Waals surface area contributed by atoms with Gasteiger partial charge >= 0.3 is 6.03 Å². The second kappa shape index (κ2) is 5.32. The van der Waals surface area contributed by atoms with Gasteiger partial charge in [-0.25, -0.2) is 14.5 Å². The van der Waals surface area contributed by atoms with Gasteiger partial charge in [0, 0.05) is 25.4 Å². The second-order valence-electron chi connectivity index (χ2n) is 6.15. The van der Waals surface area contributed by atoms with E-state index in [1.807, 2.05) is 4.68 Å². The molecule has 2 aliphatic heterocycles. The summed E-state index contributed by atoms with van der Waals surface area (Å²) in [5, 5.41) is 6.95. The molecule has 1 aliphatic carbocycles. The number of nitrogens with zero attached hydrogens (tertiary/aromatic N) is 5. The molecule has 1 aromatic rings. The lowest BCUT2D eigenvalue weighted by molar-refractivity contribution is -0.136. The monoisotopic (exact) mass is 318 g/mol. The topological polar surface area (TPSA) is 100 Å². The highest BCUT2D eigenvalue weighted by Gasteiger charge is 2.33. The predicted molar refractivity (Wildman–Crippen MR) is 77.4 cm³/mol. The molecule has 0 unspecified atom stereocenters. The van der Waals surface area contributed by atoms with Gasteiger partial charge in [0.2, 0.25) is 5.91 Å². The first-order valence-electron chi connectivity index (χ1n) is 7.91. The predicted octanol–water partition coefficient (Wildman–Crippen LogP) is -0.908. The van der Waals surface area contributed by atoms with Crippen LogP contribution in [-0.4, -0.2) is 68.6 Å². The minimum Gasteiger partial charge on any atom is -0.339 e. The molecule has 1 aromatic heterocycles. The molecule has 0 spiro atoms. The van der Waals surface area contributed by atoms with Crippen LogP contribution in [0.4, 0.5) is 4.79 Å². The van der Waals surface area contributed by atoms with Gasteiger partial charge in [0.15, 0.2) is 5.82 Å². The fourth-order valence-corrected chi connectivity index (χ4v) is 2.93. The van der Waals surface area contributed by atoms with Gasteiger partial charge in [-0.3, -0.25) is 14.5 Å². The van der Waals surface area contributed by atoms with Crippen molar-refractivity contribution in [3.05, 3.63) is 11.6 Å². The highest BCUT2D eigenvalue weighted by atomic mass is 16.2. The lowest BCUT2D eigenvalue weighted by Crippen LogP contribution is -2.44. The van der Waals surface area contributed by atoms with E-state index in [9.17, 15) is 14.4 Å². The zero-order chi connectivity index (χ0) is 16.0. The average molecular weight is 318 g/mol. The standard InChI is InChI=1S/C14H18N6O3/c21-11-7-15-14(23)19(11)8-12(22)18-4-3-10-16-13(9-1-2-9)17-20(10)6-5-18/h9H,1-8H2,(H,15,23). The van der Waals surface area contributed by atoms with Gasteiger partial charge < -0.3 is 10.2 Å². The molecule has 0 atom stereocenters. The fraction of sp³-hybridized carbons (Fsp3) is 0.643. The van der Waals surface area contributed by atoms with E-state index in [4.69, 9.17) is 0 Å². The summed E-state index contributed by atoms with van der Waals surface area (Å²) in [6.45, 7) is 1.41. The normalized spacial score (nSPS) is 21.2.